The van der Waals surface area contributed by atoms with E-state index in [1.807, 2.05) is 17.0 Å². The van der Waals surface area contributed by atoms with Crippen LogP contribution in [-0.4, -0.2) is 43.7 Å². The molecule has 2 aromatic rings. The molecule has 0 aliphatic carbocycles. The van der Waals surface area contributed by atoms with Gasteiger partial charge in [-0.05, 0) is 48.6 Å². The average molecular weight is 387 g/mol. The van der Waals surface area contributed by atoms with Gasteiger partial charge in [-0.15, -0.1) is 0 Å². The van der Waals surface area contributed by atoms with Crippen LogP contribution in [0.4, 0.5) is 0 Å². The fourth-order valence-corrected chi connectivity index (χ4v) is 4.60. The molecule has 1 amide bonds. The first kappa shape index (κ1) is 19.6. The van der Waals surface area contributed by atoms with Crippen LogP contribution < -0.4 is 0 Å². The quantitative estimate of drug-likeness (QED) is 0.792. The van der Waals surface area contributed by atoms with E-state index in [1.54, 1.807) is 49.5 Å². The normalized spacial score (nSPS) is 17.9. The average Bonchev–Trinajstić information content (AvgIpc) is 2.68. The van der Waals surface area contributed by atoms with Gasteiger partial charge < -0.3 is 4.90 Å². The third kappa shape index (κ3) is 4.57. The Kier molecular flexibility index (Phi) is 5.97. The standard InChI is InChI=1S/C21H26N2O3S/c1-17-7-6-14-23(15-17)21(24)19-12-10-18(11-13-19)16-22(2)27(25,26)20-8-4-3-5-9-20/h3-5,8-13,17H,6-7,14-16H2,1-2H3/t17-/m1/s1. The second-order valence-electron chi connectivity index (χ2n) is 7.27. The Morgan fingerprint density at radius 2 is 1.78 bits per heavy atom. The summed E-state index contributed by atoms with van der Waals surface area (Å²) in [6, 6.07) is 15.6. The van der Waals surface area contributed by atoms with Crippen LogP contribution in [0, 0.1) is 5.92 Å². The highest BCUT2D eigenvalue weighted by molar-refractivity contribution is 7.89. The van der Waals surface area contributed by atoms with Crippen LogP contribution in [0.3, 0.4) is 0 Å². The van der Waals surface area contributed by atoms with E-state index in [0.29, 0.717) is 11.5 Å². The molecule has 3 rings (SSSR count). The number of hydrogen-bond acceptors (Lipinski definition) is 3. The van der Waals surface area contributed by atoms with Crippen molar-refractivity contribution < 1.29 is 13.2 Å². The van der Waals surface area contributed by atoms with Gasteiger partial charge in [-0.2, -0.15) is 4.31 Å². The number of sulfonamides is 1. The molecule has 1 fully saturated rings. The summed E-state index contributed by atoms with van der Waals surface area (Å²) >= 11 is 0. The van der Waals surface area contributed by atoms with Crippen LogP contribution in [-0.2, 0) is 16.6 Å². The number of benzene rings is 2. The molecule has 5 nitrogen and oxygen atoms in total. The van der Waals surface area contributed by atoms with Crippen molar-refractivity contribution in [3.8, 4) is 0 Å². The molecule has 1 aliphatic rings. The van der Waals surface area contributed by atoms with Gasteiger partial charge in [0.1, 0.15) is 0 Å². The molecule has 2 aromatic carbocycles. The van der Waals surface area contributed by atoms with Crippen LogP contribution in [0.15, 0.2) is 59.5 Å². The molecule has 0 saturated carbocycles. The van der Waals surface area contributed by atoms with Crippen molar-refractivity contribution >= 4 is 15.9 Å². The second-order valence-corrected chi connectivity index (χ2v) is 9.31. The van der Waals surface area contributed by atoms with Crippen molar-refractivity contribution in [1.29, 1.82) is 0 Å². The number of carbonyl (C=O) groups is 1. The topological polar surface area (TPSA) is 57.7 Å². The van der Waals surface area contributed by atoms with Crippen LogP contribution >= 0.6 is 0 Å². The maximum Gasteiger partial charge on any atom is 0.253 e. The first-order valence-electron chi connectivity index (χ1n) is 9.27. The molecule has 1 aliphatic heterocycles. The molecule has 1 heterocycles. The first-order valence-corrected chi connectivity index (χ1v) is 10.7. The zero-order valence-corrected chi connectivity index (χ0v) is 16.7. The van der Waals surface area contributed by atoms with Gasteiger partial charge in [-0.25, -0.2) is 8.42 Å². The number of piperidine rings is 1. The molecule has 0 radical (unpaired) electrons. The highest BCUT2D eigenvalue weighted by atomic mass is 32.2. The number of amides is 1. The Hall–Kier alpha value is -2.18. The van der Waals surface area contributed by atoms with Crippen molar-refractivity contribution in [2.75, 3.05) is 20.1 Å². The van der Waals surface area contributed by atoms with E-state index in [4.69, 9.17) is 0 Å². The van der Waals surface area contributed by atoms with E-state index in [2.05, 4.69) is 6.92 Å². The maximum atomic E-state index is 12.6. The number of nitrogens with zero attached hydrogens (tertiary/aromatic N) is 2. The summed E-state index contributed by atoms with van der Waals surface area (Å²) in [5.74, 6) is 0.595. The van der Waals surface area contributed by atoms with Crippen LogP contribution in [0.2, 0.25) is 0 Å². The van der Waals surface area contributed by atoms with Crippen LogP contribution in [0.5, 0.6) is 0 Å². The summed E-state index contributed by atoms with van der Waals surface area (Å²) in [6.45, 7) is 4.04. The van der Waals surface area contributed by atoms with E-state index in [-0.39, 0.29) is 17.3 Å². The highest BCUT2D eigenvalue weighted by Crippen LogP contribution is 2.19. The minimum Gasteiger partial charge on any atom is -0.338 e. The molecule has 6 heteroatoms. The summed E-state index contributed by atoms with van der Waals surface area (Å²) in [4.78, 5) is 14.8. The number of hydrogen-bond donors (Lipinski definition) is 0. The first-order chi connectivity index (χ1) is 12.9. The molecule has 1 saturated heterocycles. The van der Waals surface area contributed by atoms with Crippen molar-refractivity contribution in [3.05, 3.63) is 65.7 Å². The molecule has 0 spiro atoms. The van der Waals surface area contributed by atoms with Gasteiger partial charge in [-0.3, -0.25) is 4.79 Å². The second kappa shape index (κ2) is 8.23. The summed E-state index contributed by atoms with van der Waals surface area (Å²) in [7, 11) is -1.96. The summed E-state index contributed by atoms with van der Waals surface area (Å²) in [5.41, 5.74) is 1.50. The summed E-state index contributed by atoms with van der Waals surface area (Å²) in [5, 5.41) is 0. The Balaban J connectivity index is 1.68. The van der Waals surface area contributed by atoms with E-state index in [0.717, 1.165) is 25.1 Å². The smallest absolute Gasteiger partial charge is 0.253 e. The minimum absolute atomic E-state index is 0.0540. The molecule has 27 heavy (non-hydrogen) atoms. The van der Waals surface area contributed by atoms with Crippen LogP contribution in [0.25, 0.3) is 0 Å². The predicted octanol–water partition coefficient (Wildman–Crippen LogP) is 3.38. The lowest BCUT2D eigenvalue weighted by atomic mass is 9.99. The van der Waals surface area contributed by atoms with E-state index < -0.39 is 10.0 Å². The Morgan fingerprint density at radius 1 is 1.11 bits per heavy atom. The molecule has 0 aromatic heterocycles. The van der Waals surface area contributed by atoms with Crippen molar-refractivity contribution in [2.45, 2.75) is 31.2 Å². The Bertz CT molecular complexity index is 879. The monoisotopic (exact) mass is 386 g/mol. The van der Waals surface area contributed by atoms with Crippen LogP contribution in [0.1, 0.15) is 35.7 Å². The van der Waals surface area contributed by atoms with Gasteiger partial charge in [0.05, 0.1) is 4.90 Å². The summed E-state index contributed by atoms with van der Waals surface area (Å²) < 4.78 is 26.6. The molecule has 0 bridgehead atoms. The highest BCUT2D eigenvalue weighted by Gasteiger charge is 2.23. The largest absolute Gasteiger partial charge is 0.338 e. The van der Waals surface area contributed by atoms with Gasteiger partial charge in [0.15, 0.2) is 0 Å². The van der Waals surface area contributed by atoms with E-state index in [1.165, 1.54) is 10.7 Å². The molecular formula is C21H26N2O3S. The zero-order valence-electron chi connectivity index (χ0n) is 15.8. The molecule has 0 unspecified atom stereocenters. The van der Waals surface area contributed by atoms with Crippen molar-refractivity contribution in [1.82, 2.24) is 9.21 Å². The van der Waals surface area contributed by atoms with Gasteiger partial charge >= 0.3 is 0 Å². The maximum absolute atomic E-state index is 12.6. The minimum atomic E-state index is -3.53. The summed E-state index contributed by atoms with van der Waals surface area (Å²) in [6.07, 6.45) is 2.22. The van der Waals surface area contributed by atoms with Gasteiger partial charge in [0, 0.05) is 32.2 Å². The zero-order chi connectivity index (χ0) is 19.4. The molecule has 0 N–H and O–H groups in total. The van der Waals surface area contributed by atoms with Crippen molar-refractivity contribution in [3.63, 3.8) is 0 Å². The van der Waals surface area contributed by atoms with Gasteiger partial charge in [0.2, 0.25) is 10.0 Å². The van der Waals surface area contributed by atoms with Gasteiger partial charge in [0.25, 0.3) is 5.91 Å². The molecular weight excluding hydrogens is 360 g/mol. The predicted molar refractivity (Wildman–Crippen MR) is 106 cm³/mol. The number of carbonyl (C=O) groups excluding carboxylic acids is 1. The molecule has 1 atom stereocenters. The lowest BCUT2D eigenvalue weighted by Crippen LogP contribution is -2.39. The lowest BCUT2D eigenvalue weighted by Gasteiger charge is -2.31. The molecule has 144 valence electrons. The fourth-order valence-electron chi connectivity index (χ4n) is 3.42. The van der Waals surface area contributed by atoms with Crippen molar-refractivity contribution in [2.24, 2.45) is 5.92 Å². The number of likely N-dealkylation sites (tertiary alicyclic amines) is 1. The van der Waals surface area contributed by atoms with E-state index >= 15 is 0 Å². The Morgan fingerprint density at radius 3 is 2.41 bits per heavy atom. The SMILES string of the molecule is C[C@@H]1CCCN(C(=O)c2ccc(CN(C)S(=O)(=O)c3ccccc3)cc2)C1. The third-order valence-electron chi connectivity index (χ3n) is 5.00. The third-order valence-corrected chi connectivity index (χ3v) is 6.82. The Labute approximate surface area is 161 Å². The van der Waals surface area contributed by atoms with E-state index in [9.17, 15) is 13.2 Å². The lowest BCUT2D eigenvalue weighted by molar-refractivity contribution is 0.0683. The fraction of sp³-hybridized carbons (Fsp3) is 0.381. The number of rotatable bonds is 5. The van der Waals surface area contributed by atoms with Gasteiger partial charge in [-0.1, -0.05) is 37.3 Å².